The van der Waals surface area contributed by atoms with Crippen LogP contribution in [-0.2, 0) is 16.0 Å². The monoisotopic (exact) mass is 638 g/mol. The summed E-state index contributed by atoms with van der Waals surface area (Å²) in [5, 5.41) is 4.82. The molecular weight excluding hydrogens is 592 g/mol. The second kappa shape index (κ2) is 16.5. The maximum Gasteiger partial charge on any atom is 0.253 e. The fraction of sp³-hybridized carbons (Fsp3) is 0.342. The van der Waals surface area contributed by atoms with Gasteiger partial charge in [0, 0.05) is 50.8 Å². The number of likely N-dealkylation sites (N-methyl/N-ethyl adjacent to an activating group) is 1. The standard InChI is InChI=1S/C38H46N4O5/c1-8-21-41(22-9-2)36(43)20-19-34-27(3)39-42(30-13-11-10-12-14-30)38(34)47-31-17-15-29(16-18-31)35(37(44)40(4)5)25-28-23-32(45-6)26-33(24-28)46-7/h10-18,23-26H,8-9,19-22H2,1-7H3. The molecule has 0 saturated carbocycles. The number of methoxy groups -OCH3 is 2. The van der Waals surface area contributed by atoms with E-state index in [1.165, 1.54) is 0 Å². The summed E-state index contributed by atoms with van der Waals surface area (Å²) in [4.78, 5) is 30.0. The zero-order valence-corrected chi connectivity index (χ0v) is 28.6. The zero-order chi connectivity index (χ0) is 33.9. The van der Waals surface area contributed by atoms with E-state index in [1.807, 2.05) is 84.6 Å². The van der Waals surface area contributed by atoms with Gasteiger partial charge in [0.1, 0.15) is 17.2 Å². The number of rotatable bonds is 15. The average Bonchev–Trinajstić information content (AvgIpc) is 3.40. The van der Waals surface area contributed by atoms with Gasteiger partial charge in [0.25, 0.3) is 5.91 Å². The lowest BCUT2D eigenvalue weighted by Gasteiger charge is -2.21. The van der Waals surface area contributed by atoms with Gasteiger partial charge in [-0.3, -0.25) is 9.59 Å². The second-order valence-corrected chi connectivity index (χ2v) is 11.5. The lowest BCUT2D eigenvalue weighted by atomic mass is 10.0. The summed E-state index contributed by atoms with van der Waals surface area (Å²) >= 11 is 0. The minimum Gasteiger partial charge on any atom is -0.497 e. The molecule has 0 unspecified atom stereocenters. The third kappa shape index (κ3) is 8.82. The summed E-state index contributed by atoms with van der Waals surface area (Å²) in [6.07, 6.45) is 4.54. The van der Waals surface area contributed by atoms with Crippen molar-refractivity contribution in [3.63, 3.8) is 0 Å². The summed E-state index contributed by atoms with van der Waals surface area (Å²) in [5.41, 5.74) is 4.54. The third-order valence-corrected chi connectivity index (χ3v) is 7.77. The van der Waals surface area contributed by atoms with Crippen molar-refractivity contribution in [3.05, 3.63) is 95.2 Å². The van der Waals surface area contributed by atoms with Crippen molar-refractivity contribution in [2.75, 3.05) is 41.4 Å². The van der Waals surface area contributed by atoms with Crippen LogP contribution in [0, 0.1) is 6.92 Å². The highest BCUT2D eigenvalue weighted by Gasteiger charge is 2.22. The predicted molar refractivity (Wildman–Crippen MR) is 186 cm³/mol. The van der Waals surface area contributed by atoms with Crippen LogP contribution in [0.3, 0.4) is 0 Å². The number of aromatic nitrogens is 2. The number of hydrogen-bond donors (Lipinski definition) is 0. The van der Waals surface area contributed by atoms with E-state index in [1.54, 1.807) is 44.0 Å². The van der Waals surface area contributed by atoms with Crippen LogP contribution in [0.1, 0.15) is 55.5 Å². The Hall–Kier alpha value is -5.05. The van der Waals surface area contributed by atoms with Crippen LogP contribution >= 0.6 is 0 Å². The molecule has 0 aliphatic rings. The van der Waals surface area contributed by atoms with E-state index in [0.717, 1.165) is 54.0 Å². The van der Waals surface area contributed by atoms with Crippen LogP contribution in [0.5, 0.6) is 23.1 Å². The molecule has 1 aromatic heterocycles. The third-order valence-electron chi connectivity index (χ3n) is 7.77. The van der Waals surface area contributed by atoms with Gasteiger partial charge in [-0.05, 0) is 79.8 Å². The topological polar surface area (TPSA) is 86.1 Å². The molecule has 0 atom stereocenters. The molecule has 0 saturated heterocycles. The van der Waals surface area contributed by atoms with Crippen LogP contribution in [-0.4, -0.2) is 72.8 Å². The maximum atomic E-state index is 13.4. The molecular formula is C38H46N4O5. The lowest BCUT2D eigenvalue weighted by molar-refractivity contribution is -0.131. The minimum absolute atomic E-state index is 0.134. The normalized spacial score (nSPS) is 11.3. The van der Waals surface area contributed by atoms with Crippen LogP contribution in [0.25, 0.3) is 17.3 Å². The van der Waals surface area contributed by atoms with Crippen molar-refractivity contribution in [1.82, 2.24) is 19.6 Å². The number of benzene rings is 3. The number of nitrogens with zero attached hydrogens (tertiary/aromatic N) is 4. The first-order chi connectivity index (χ1) is 22.7. The first-order valence-electron chi connectivity index (χ1n) is 16.0. The Morgan fingerprint density at radius 2 is 1.47 bits per heavy atom. The predicted octanol–water partition coefficient (Wildman–Crippen LogP) is 7.20. The number of ether oxygens (including phenoxy) is 3. The van der Waals surface area contributed by atoms with E-state index < -0.39 is 0 Å². The first-order valence-corrected chi connectivity index (χ1v) is 16.0. The van der Waals surface area contributed by atoms with E-state index in [4.69, 9.17) is 19.3 Å². The summed E-state index contributed by atoms with van der Waals surface area (Å²) in [6, 6.07) is 22.7. The fourth-order valence-corrected chi connectivity index (χ4v) is 5.37. The maximum absolute atomic E-state index is 13.4. The SMILES string of the molecule is CCCN(CCC)C(=O)CCc1c(C)nn(-c2ccccc2)c1Oc1ccc(C(=Cc2cc(OC)cc(OC)c2)C(=O)N(C)C)cc1. The minimum atomic E-state index is -0.148. The van der Waals surface area contributed by atoms with Gasteiger partial charge in [0.15, 0.2) is 0 Å². The van der Waals surface area contributed by atoms with Crippen molar-refractivity contribution in [2.24, 2.45) is 0 Å². The molecule has 0 radical (unpaired) electrons. The lowest BCUT2D eigenvalue weighted by Crippen LogP contribution is -2.32. The molecule has 0 spiro atoms. The number of para-hydroxylation sites is 1. The highest BCUT2D eigenvalue weighted by atomic mass is 16.5. The van der Waals surface area contributed by atoms with Gasteiger partial charge in [0.05, 0.1) is 25.6 Å². The molecule has 4 aromatic rings. The van der Waals surface area contributed by atoms with Gasteiger partial charge in [-0.25, -0.2) is 4.68 Å². The van der Waals surface area contributed by atoms with Gasteiger partial charge in [-0.15, -0.1) is 0 Å². The van der Waals surface area contributed by atoms with E-state index in [0.29, 0.717) is 41.5 Å². The summed E-state index contributed by atoms with van der Waals surface area (Å²) < 4.78 is 19.2. The molecule has 248 valence electrons. The number of carbonyl (C=O) groups excluding carboxylic acids is 2. The molecule has 3 aromatic carbocycles. The molecule has 9 heteroatoms. The van der Waals surface area contributed by atoms with E-state index in [9.17, 15) is 9.59 Å². The van der Waals surface area contributed by atoms with Gasteiger partial charge in [-0.1, -0.05) is 44.2 Å². The van der Waals surface area contributed by atoms with E-state index >= 15 is 0 Å². The molecule has 0 bridgehead atoms. The highest BCUT2D eigenvalue weighted by Crippen LogP contribution is 2.33. The van der Waals surface area contributed by atoms with Crippen LogP contribution in [0.4, 0.5) is 0 Å². The van der Waals surface area contributed by atoms with Crippen molar-refractivity contribution in [3.8, 4) is 28.8 Å². The van der Waals surface area contributed by atoms with Crippen molar-refractivity contribution < 1.29 is 23.8 Å². The molecule has 4 rings (SSSR count). The molecule has 9 nitrogen and oxygen atoms in total. The van der Waals surface area contributed by atoms with Crippen molar-refractivity contribution in [2.45, 2.75) is 46.5 Å². The van der Waals surface area contributed by atoms with E-state index in [2.05, 4.69) is 13.8 Å². The van der Waals surface area contributed by atoms with Gasteiger partial charge < -0.3 is 24.0 Å². The highest BCUT2D eigenvalue weighted by molar-refractivity contribution is 6.24. The number of hydrogen-bond acceptors (Lipinski definition) is 6. The summed E-state index contributed by atoms with van der Waals surface area (Å²) in [5.74, 6) is 2.39. The second-order valence-electron chi connectivity index (χ2n) is 11.5. The quantitative estimate of drug-likeness (QED) is 0.101. The molecule has 0 aliphatic carbocycles. The average molecular weight is 639 g/mol. The zero-order valence-electron chi connectivity index (χ0n) is 28.6. The van der Waals surface area contributed by atoms with Crippen LogP contribution < -0.4 is 14.2 Å². The Kier molecular flexibility index (Phi) is 12.2. The van der Waals surface area contributed by atoms with Crippen LogP contribution in [0.15, 0.2) is 72.8 Å². The number of amides is 2. The Bertz CT molecular complexity index is 1650. The Labute approximate surface area is 278 Å². The van der Waals surface area contributed by atoms with Gasteiger partial charge in [0.2, 0.25) is 11.8 Å². The van der Waals surface area contributed by atoms with Gasteiger partial charge in [-0.2, -0.15) is 5.10 Å². The molecule has 0 aliphatic heterocycles. The van der Waals surface area contributed by atoms with Crippen molar-refractivity contribution >= 4 is 23.5 Å². The summed E-state index contributed by atoms with van der Waals surface area (Å²) in [7, 11) is 6.63. The Balaban J connectivity index is 1.69. The first kappa shape index (κ1) is 34.8. The molecule has 0 fully saturated rings. The number of carbonyl (C=O) groups is 2. The van der Waals surface area contributed by atoms with Gasteiger partial charge >= 0.3 is 0 Å². The molecule has 2 amide bonds. The molecule has 1 heterocycles. The van der Waals surface area contributed by atoms with Crippen molar-refractivity contribution in [1.29, 1.82) is 0 Å². The van der Waals surface area contributed by atoms with E-state index in [-0.39, 0.29) is 11.8 Å². The largest absolute Gasteiger partial charge is 0.497 e. The number of aryl methyl sites for hydroxylation is 1. The Morgan fingerprint density at radius 1 is 0.851 bits per heavy atom. The molecule has 47 heavy (non-hydrogen) atoms. The molecule has 0 N–H and O–H groups in total. The Morgan fingerprint density at radius 3 is 2.02 bits per heavy atom. The fourth-order valence-electron chi connectivity index (χ4n) is 5.37. The van der Waals surface area contributed by atoms with Crippen LogP contribution in [0.2, 0.25) is 0 Å². The summed E-state index contributed by atoms with van der Waals surface area (Å²) in [6.45, 7) is 7.63. The smallest absolute Gasteiger partial charge is 0.253 e.